The van der Waals surface area contributed by atoms with Crippen LogP contribution in [0.3, 0.4) is 0 Å². The number of rotatable bonds is 2. The van der Waals surface area contributed by atoms with Gasteiger partial charge in [0.2, 0.25) is 0 Å². The second-order valence-corrected chi connectivity index (χ2v) is 6.05. The zero-order valence-corrected chi connectivity index (χ0v) is 11.8. The van der Waals surface area contributed by atoms with Crippen LogP contribution in [0, 0.1) is 11.8 Å². The van der Waals surface area contributed by atoms with Gasteiger partial charge in [0.15, 0.2) is 0 Å². The van der Waals surface area contributed by atoms with Gasteiger partial charge in [-0.3, -0.25) is 4.79 Å². The highest BCUT2D eigenvalue weighted by molar-refractivity contribution is 6.00. The summed E-state index contributed by atoms with van der Waals surface area (Å²) in [6.07, 6.45) is 2.53. The van der Waals surface area contributed by atoms with Crippen molar-refractivity contribution in [2.75, 3.05) is 18.0 Å². The largest absolute Gasteiger partial charge is 0.371 e. The molecule has 0 bridgehead atoms. The van der Waals surface area contributed by atoms with E-state index in [0.717, 1.165) is 30.5 Å². The van der Waals surface area contributed by atoms with Crippen LogP contribution in [-0.2, 0) is 6.54 Å². The summed E-state index contributed by atoms with van der Waals surface area (Å²) in [4.78, 5) is 14.2. The molecule has 0 atom stereocenters. The van der Waals surface area contributed by atoms with E-state index < -0.39 is 0 Å². The average molecular weight is 258 g/mol. The Bertz CT molecular complexity index is 488. The molecule has 0 radical (unpaired) electrons. The van der Waals surface area contributed by atoms with Gasteiger partial charge in [-0.25, -0.2) is 0 Å². The Balaban J connectivity index is 1.80. The summed E-state index contributed by atoms with van der Waals surface area (Å²) in [5, 5.41) is 2.93. The van der Waals surface area contributed by atoms with Crippen molar-refractivity contribution in [2.45, 2.75) is 33.2 Å². The molecule has 1 N–H and O–H groups in total. The summed E-state index contributed by atoms with van der Waals surface area (Å²) in [5.74, 6) is 1.72. The maximum atomic E-state index is 11.7. The molecule has 0 spiro atoms. The topological polar surface area (TPSA) is 32.3 Å². The van der Waals surface area contributed by atoms with E-state index in [1.165, 1.54) is 24.1 Å². The molecule has 19 heavy (non-hydrogen) atoms. The first-order chi connectivity index (χ1) is 9.16. The minimum atomic E-state index is 0.0777. The monoisotopic (exact) mass is 258 g/mol. The van der Waals surface area contributed by atoms with Crippen molar-refractivity contribution in [1.82, 2.24) is 5.32 Å². The van der Waals surface area contributed by atoms with Crippen molar-refractivity contribution in [3.05, 3.63) is 29.3 Å². The lowest BCUT2D eigenvalue weighted by molar-refractivity contribution is 0.0966. The summed E-state index contributed by atoms with van der Waals surface area (Å²) in [7, 11) is 0. The summed E-state index contributed by atoms with van der Waals surface area (Å²) in [5.41, 5.74) is 3.32. The van der Waals surface area contributed by atoms with Gasteiger partial charge in [-0.1, -0.05) is 19.9 Å². The van der Waals surface area contributed by atoms with Crippen LogP contribution < -0.4 is 10.2 Å². The number of benzene rings is 1. The zero-order chi connectivity index (χ0) is 13.4. The lowest BCUT2D eigenvalue weighted by atomic mass is 9.86. The molecule has 3 rings (SSSR count). The number of hydrogen-bond donors (Lipinski definition) is 1. The molecule has 2 heterocycles. The second kappa shape index (κ2) is 4.87. The molecule has 0 aromatic heterocycles. The van der Waals surface area contributed by atoms with Crippen molar-refractivity contribution >= 4 is 11.6 Å². The Kier molecular flexibility index (Phi) is 3.21. The van der Waals surface area contributed by atoms with Gasteiger partial charge < -0.3 is 10.2 Å². The highest BCUT2D eigenvalue weighted by atomic mass is 16.1. The highest BCUT2D eigenvalue weighted by Crippen LogP contribution is 2.32. The number of amides is 1. The zero-order valence-electron chi connectivity index (χ0n) is 11.8. The molecule has 1 fully saturated rings. The van der Waals surface area contributed by atoms with E-state index in [0.29, 0.717) is 6.54 Å². The third-order valence-corrected chi connectivity index (χ3v) is 4.64. The molecule has 1 aromatic carbocycles. The van der Waals surface area contributed by atoms with E-state index in [1.54, 1.807) is 0 Å². The van der Waals surface area contributed by atoms with Crippen molar-refractivity contribution in [3.63, 3.8) is 0 Å². The smallest absolute Gasteiger partial charge is 0.251 e. The normalized spacial score (nSPS) is 19.7. The number of anilines is 1. The second-order valence-electron chi connectivity index (χ2n) is 6.05. The Labute approximate surface area is 115 Å². The van der Waals surface area contributed by atoms with Crippen LogP contribution in [0.15, 0.2) is 18.2 Å². The standard InChI is InChI=1S/C16H22N2O/c1-11(2)12-6-8-18(9-7-12)15-5-3-4-13-14(15)10-17-16(13)19/h3-5,11-12H,6-10H2,1-2H3,(H,17,19). The number of piperidine rings is 1. The van der Waals surface area contributed by atoms with Gasteiger partial charge in [-0.2, -0.15) is 0 Å². The van der Waals surface area contributed by atoms with Gasteiger partial charge in [0.05, 0.1) is 0 Å². The molecular formula is C16H22N2O. The van der Waals surface area contributed by atoms with Crippen LogP contribution in [0.1, 0.15) is 42.6 Å². The first kappa shape index (κ1) is 12.5. The fraction of sp³-hybridized carbons (Fsp3) is 0.562. The minimum Gasteiger partial charge on any atom is -0.371 e. The van der Waals surface area contributed by atoms with Crippen molar-refractivity contribution in [1.29, 1.82) is 0 Å². The quantitative estimate of drug-likeness (QED) is 0.884. The molecule has 102 valence electrons. The molecule has 2 aliphatic rings. The molecule has 0 aliphatic carbocycles. The third kappa shape index (κ3) is 2.22. The molecule has 3 heteroatoms. The van der Waals surface area contributed by atoms with E-state index in [2.05, 4.69) is 30.1 Å². The van der Waals surface area contributed by atoms with Gasteiger partial charge in [-0.15, -0.1) is 0 Å². The van der Waals surface area contributed by atoms with E-state index in [1.807, 2.05) is 12.1 Å². The number of carbonyl (C=O) groups is 1. The first-order valence-corrected chi connectivity index (χ1v) is 7.32. The molecule has 1 aromatic rings. The minimum absolute atomic E-state index is 0.0777. The number of nitrogens with one attached hydrogen (secondary N) is 1. The van der Waals surface area contributed by atoms with Gasteiger partial charge in [0.25, 0.3) is 5.91 Å². The average Bonchev–Trinajstić information content (AvgIpc) is 2.81. The summed E-state index contributed by atoms with van der Waals surface area (Å²) < 4.78 is 0. The Morgan fingerprint density at radius 1 is 1.26 bits per heavy atom. The number of nitrogens with zero attached hydrogens (tertiary/aromatic N) is 1. The Morgan fingerprint density at radius 3 is 2.68 bits per heavy atom. The lowest BCUT2D eigenvalue weighted by Gasteiger charge is -2.36. The molecule has 0 unspecified atom stereocenters. The Morgan fingerprint density at radius 2 is 2.00 bits per heavy atom. The van der Waals surface area contributed by atoms with Crippen LogP contribution in [0.4, 0.5) is 5.69 Å². The third-order valence-electron chi connectivity index (χ3n) is 4.64. The van der Waals surface area contributed by atoms with Crippen molar-refractivity contribution < 1.29 is 4.79 Å². The predicted octanol–water partition coefficient (Wildman–Crippen LogP) is 2.80. The molecular weight excluding hydrogens is 236 g/mol. The SMILES string of the molecule is CC(C)C1CCN(c2cccc3c2CNC3=O)CC1. The maximum Gasteiger partial charge on any atom is 0.251 e. The van der Waals surface area contributed by atoms with Gasteiger partial charge >= 0.3 is 0 Å². The summed E-state index contributed by atoms with van der Waals surface area (Å²) in [6.45, 7) is 7.57. The first-order valence-electron chi connectivity index (χ1n) is 7.32. The lowest BCUT2D eigenvalue weighted by Crippen LogP contribution is -2.35. The number of carbonyl (C=O) groups excluding carboxylic acids is 1. The van der Waals surface area contributed by atoms with Crippen LogP contribution in [0.5, 0.6) is 0 Å². The fourth-order valence-electron chi connectivity index (χ4n) is 3.34. The molecule has 3 nitrogen and oxygen atoms in total. The van der Waals surface area contributed by atoms with E-state index >= 15 is 0 Å². The molecule has 1 amide bonds. The summed E-state index contributed by atoms with van der Waals surface area (Å²) >= 11 is 0. The van der Waals surface area contributed by atoms with Crippen molar-refractivity contribution in [2.24, 2.45) is 11.8 Å². The van der Waals surface area contributed by atoms with Crippen LogP contribution in [-0.4, -0.2) is 19.0 Å². The highest BCUT2D eigenvalue weighted by Gasteiger charge is 2.27. The molecule has 0 saturated carbocycles. The van der Waals surface area contributed by atoms with E-state index in [4.69, 9.17) is 0 Å². The van der Waals surface area contributed by atoms with Crippen molar-refractivity contribution in [3.8, 4) is 0 Å². The molecule has 2 aliphatic heterocycles. The number of fused-ring (bicyclic) bond motifs is 1. The fourth-order valence-corrected chi connectivity index (χ4v) is 3.34. The Hall–Kier alpha value is -1.51. The van der Waals surface area contributed by atoms with Crippen LogP contribution in [0.25, 0.3) is 0 Å². The maximum absolute atomic E-state index is 11.7. The summed E-state index contributed by atoms with van der Waals surface area (Å²) in [6, 6.07) is 6.10. The van der Waals surface area contributed by atoms with Crippen LogP contribution in [0.2, 0.25) is 0 Å². The van der Waals surface area contributed by atoms with Gasteiger partial charge in [0.1, 0.15) is 0 Å². The molecule has 1 saturated heterocycles. The van der Waals surface area contributed by atoms with Gasteiger partial charge in [0, 0.05) is 36.4 Å². The predicted molar refractivity (Wildman–Crippen MR) is 77.4 cm³/mol. The van der Waals surface area contributed by atoms with Gasteiger partial charge in [-0.05, 0) is 36.8 Å². The van der Waals surface area contributed by atoms with E-state index in [-0.39, 0.29) is 5.91 Å². The number of hydrogen-bond acceptors (Lipinski definition) is 2. The van der Waals surface area contributed by atoms with Crippen LogP contribution >= 0.6 is 0 Å². The van der Waals surface area contributed by atoms with E-state index in [9.17, 15) is 4.79 Å².